The van der Waals surface area contributed by atoms with Crippen LogP contribution >= 0.6 is 0 Å². The molecule has 0 bridgehead atoms. The lowest BCUT2D eigenvalue weighted by molar-refractivity contribution is -0.139. The Hall–Kier alpha value is -3.09. The molecule has 1 aromatic carbocycles. The van der Waals surface area contributed by atoms with Crippen molar-refractivity contribution >= 4 is 17.7 Å². The number of Topliss-reactive ketones (excluding diaryl/α,β-unsaturated/α-hetero) is 1. The molecule has 132 valence electrons. The van der Waals surface area contributed by atoms with Crippen LogP contribution in [0, 0.1) is 0 Å². The molecule has 0 saturated heterocycles. The molecule has 0 spiro atoms. The van der Waals surface area contributed by atoms with Crippen LogP contribution in [-0.2, 0) is 11.4 Å². The summed E-state index contributed by atoms with van der Waals surface area (Å²) in [5.41, 5.74) is 0.591. The number of carbonyl (C=O) groups excluding carboxylic acids is 2. The third kappa shape index (κ3) is 4.94. The number of carbonyl (C=O) groups is 3. The smallest absolute Gasteiger partial charge is 0.326 e. The lowest BCUT2D eigenvalue weighted by Gasteiger charge is -2.10. The third-order valence-corrected chi connectivity index (χ3v) is 3.54. The molecule has 2 N–H and O–H groups in total. The molecule has 1 atom stereocenters. The molecule has 1 unspecified atom stereocenters. The van der Waals surface area contributed by atoms with E-state index in [0.29, 0.717) is 17.1 Å². The molecule has 7 nitrogen and oxygen atoms in total. The highest BCUT2D eigenvalue weighted by atomic mass is 16.5. The van der Waals surface area contributed by atoms with Crippen molar-refractivity contribution in [3.63, 3.8) is 0 Å². The molecule has 1 aromatic heterocycles. The van der Waals surface area contributed by atoms with Crippen molar-refractivity contribution in [1.82, 2.24) is 5.32 Å². The van der Waals surface area contributed by atoms with E-state index in [1.54, 1.807) is 37.3 Å². The summed E-state index contributed by atoms with van der Waals surface area (Å²) in [7, 11) is 0. The van der Waals surface area contributed by atoms with E-state index in [9.17, 15) is 14.4 Å². The molecule has 7 heteroatoms. The summed E-state index contributed by atoms with van der Waals surface area (Å²) >= 11 is 0. The highest BCUT2D eigenvalue weighted by Crippen LogP contribution is 2.16. The van der Waals surface area contributed by atoms with E-state index in [-0.39, 0.29) is 24.6 Å². The van der Waals surface area contributed by atoms with Crippen molar-refractivity contribution in [2.75, 3.05) is 0 Å². The maximum Gasteiger partial charge on any atom is 0.326 e. The topological polar surface area (TPSA) is 106 Å². The molecule has 0 aliphatic carbocycles. The summed E-state index contributed by atoms with van der Waals surface area (Å²) in [5.74, 6) is -0.718. The van der Waals surface area contributed by atoms with Gasteiger partial charge in [0, 0.05) is 5.56 Å². The van der Waals surface area contributed by atoms with Gasteiger partial charge in [0.15, 0.2) is 11.5 Å². The first-order valence-electron chi connectivity index (χ1n) is 7.77. The van der Waals surface area contributed by atoms with Crippen LogP contribution in [0.15, 0.2) is 40.8 Å². The van der Waals surface area contributed by atoms with Crippen molar-refractivity contribution < 1.29 is 28.6 Å². The van der Waals surface area contributed by atoms with E-state index in [1.807, 2.05) is 0 Å². The first-order valence-corrected chi connectivity index (χ1v) is 7.77. The Balaban J connectivity index is 1.93. The maximum absolute atomic E-state index is 12.0. The molecule has 1 heterocycles. The zero-order valence-electron chi connectivity index (χ0n) is 13.9. The minimum Gasteiger partial charge on any atom is -0.486 e. The quantitative estimate of drug-likeness (QED) is 0.713. The predicted molar refractivity (Wildman–Crippen MR) is 88.7 cm³/mol. The van der Waals surface area contributed by atoms with Gasteiger partial charge in [-0.3, -0.25) is 9.59 Å². The highest BCUT2D eigenvalue weighted by Gasteiger charge is 2.20. The Morgan fingerprint density at radius 1 is 1.16 bits per heavy atom. The van der Waals surface area contributed by atoms with Crippen LogP contribution in [0.4, 0.5) is 0 Å². The number of amides is 1. The number of hydrogen-bond donors (Lipinski definition) is 2. The summed E-state index contributed by atoms with van der Waals surface area (Å²) in [6.07, 6.45) is 0.272. The van der Waals surface area contributed by atoms with Crippen LogP contribution in [0.25, 0.3) is 0 Å². The molecule has 0 fully saturated rings. The number of benzene rings is 1. The van der Waals surface area contributed by atoms with Gasteiger partial charge in [-0.05, 0) is 49.7 Å². The summed E-state index contributed by atoms with van der Waals surface area (Å²) in [5, 5.41) is 11.3. The second-order valence-electron chi connectivity index (χ2n) is 5.41. The van der Waals surface area contributed by atoms with Crippen molar-refractivity contribution in [2.24, 2.45) is 0 Å². The van der Waals surface area contributed by atoms with E-state index in [4.69, 9.17) is 14.3 Å². The van der Waals surface area contributed by atoms with E-state index in [1.165, 1.54) is 13.0 Å². The lowest BCUT2D eigenvalue weighted by atomic mass is 10.1. The van der Waals surface area contributed by atoms with Gasteiger partial charge in [0.1, 0.15) is 24.2 Å². The van der Waals surface area contributed by atoms with Crippen LogP contribution < -0.4 is 10.1 Å². The van der Waals surface area contributed by atoms with Crippen molar-refractivity contribution in [3.05, 3.63) is 53.5 Å². The van der Waals surface area contributed by atoms with Gasteiger partial charge in [-0.15, -0.1) is 0 Å². The van der Waals surface area contributed by atoms with Gasteiger partial charge in [0.2, 0.25) is 0 Å². The summed E-state index contributed by atoms with van der Waals surface area (Å²) < 4.78 is 10.9. The van der Waals surface area contributed by atoms with Gasteiger partial charge in [-0.1, -0.05) is 6.92 Å². The standard InChI is InChI=1S/C18H19NO6/c1-3-15(18(22)23)19-17(21)16-9-8-14(25-16)10-24-13-6-4-12(5-7-13)11(2)20/h4-9,15H,3,10H2,1-2H3,(H,19,21)(H,22,23). The van der Waals surface area contributed by atoms with Crippen molar-refractivity contribution in [3.8, 4) is 5.75 Å². The van der Waals surface area contributed by atoms with Gasteiger partial charge in [0.25, 0.3) is 5.91 Å². The molecule has 1 amide bonds. The summed E-state index contributed by atoms with van der Waals surface area (Å²) in [4.78, 5) is 34.1. The Morgan fingerprint density at radius 3 is 2.40 bits per heavy atom. The fourth-order valence-electron chi connectivity index (χ4n) is 2.09. The molecule has 0 aliphatic rings. The Morgan fingerprint density at radius 2 is 1.84 bits per heavy atom. The number of ketones is 1. The summed E-state index contributed by atoms with van der Waals surface area (Å²) in [6.45, 7) is 3.25. The average Bonchev–Trinajstić information content (AvgIpc) is 3.06. The van der Waals surface area contributed by atoms with Crippen LogP contribution in [0.1, 0.15) is 46.9 Å². The Labute approximate surface area is 144 Å². The molecular weight excluding hydrogens is 326 g/mol. The van der Waals surface area contributed by atoms with E-state index in [2.05, 4.69) is 5.32 Å². The minimum absolute atomic E-state index is 0.0187. The molecule has 0 saturated carbocycles. The largest absolute Gasteiger partial charge is 0.486 e. The Kier molecular flexibility index (Phi) is 5.94. The number of furan rings is 1. The number of aliphatic carboxylic acids is 1. The van der Waals surface area contributed by atoms with Crippen molar-refractivity contribution in [2.45, 2.75) is 32.9 Å². The van der Waals surface area contributed by atoms with E-state index >= 15 is 0 Å². The number of carboxylic acid groups (broad SMARTS) is 1. The third-order valence-electron chi connectivity index (χ3n) is 3.54. The predicted octanol–water partition coefficient (Wildman–Crippen LogP) is 2.65. The number of nitrogens with one attached hydrogen (secondary N) is 1. The second kappa shape index (κ2) is 8.14. The van der Waals surface area contributed by atoms with Gasteiger partial charge in [-0.25, -0.2) is 4.79 Å². The van der Waals surface area contributed by atoms with Gasteiger partial charge in [-0.2, -0.15) is 0 Å². The van der Waals surface area contributed by atoms with Crippen LogP contribution in [0.2, 0.25) is 0 Å². The molecule has 0 aliphatic heterocycles. The van der Waals surface area contributed by atoms with Gasteiger partial charge in [0.05, 0.1) is 0 Å². The fourth-order valence-corrected chi connectivity index (χ4v) is 2.09. The number of hydrogen-bond acceptors (Lipinski definition) is 5. The van der Waals surface area contributed by atoms with Gasteiger partial charge >= 0.3 is 5.97 Å². The van der Waals surface area contributed by atoms with Crippen LogP contribution in [0.5, 0.6) is 5.75 Å². The van der Waals surface area contributed by atoms with Crippen LogP contribution in [-0.4, -0.2) is 28.8 Å². The number of ether oxygens (including phenoxy) is 1. The van der Waals surface area contributed by atoms with Crippen molar-refractivity contribution in [1.29, 1.82) is 0 Å². The lowest BCUT2D eigenvalue weighted by Crippen LogP contribution is -2.40. The van der Waals surface area contributed by atoms with Gasteiger partial charge < -0.3 is 19.6 Å². The first-order chi connectivity index (χ1) is 11.9. The first kappa shape index (κ1) is 18.3. The fraction of sp³-hybridized carbons (Fsp3) is 0.278. The zero-order chi connectivity index (χ0) is 18.4. The van der Waals surface area contributed by atoms with E-state index in [0.717, 1.165) is 0 Å². The molecule has 25 heavy (non-hydrogen) atoms. The van der Waals surface area contributed by atoms with E-state index < -0.39 is 17.9 Å². The zero-order valence-corrected chi connectivity index (χ0v) is 13.9. The summed E-state index contributed by atoms with van der Waals surface area (Å²) in [6, 6.07) is 8.75. The monoisotopic (exact) mass is 345 g/mol. The SMILES string of the molecule is CCC(NC(=O)c1ccc(COc2ccc(C(C)=O)cc2)o1)C(=O)O. The molecular formula is C18H19NO6. The minimum atomic E-state index is -1.10. The number of rotatable bonds is 8. The number of carboxylic acids is 1. The Bertz CT molecular complexity index is 762. The molecule has 0 radical (unpaired) electrons. The normalized spacial score (nSPS) is 11.6. The average molecular weight is 345 g/mol. The maximum atomic E-state index is 12.0. The molecule has 2 rings (SSSR count). The highest BCUT2D eigenvalue weighted by molar-refractivity contribution is 5.94. The molecule has 2 aromatic rings. The second-order valence-corrected chi connectivity index (χ2v) is 5.41. The van der Waals surface area contributed by atoms with Crippen LogP contribution in [0.3, 0.4) is 0 Å².